The minimum absolute atomic E-state index is 0.0264. The van der Waals surface area contributed by atoms with Crippen molar-refractivity contribution in [3.63, 3.8) is 0 Å². The standard InChI is InChI=1S/C18H19N3O3/c1-12-17(13(2)24-20-12)11-23-18(22)15(10-19)9-14-5-7-16(8-6-14)21(3)4/h5-9H,11H2,1-4H3/b15-9+. The van der Waals surface area contributed by atoms with E-state index in [0.29, 0.717) is 11.5 Å². The highest BCUT2D eigenvalue weighted by molar-refractivity contribution is 5.97. The van der Waals surface area contributed by atoms with Gasteiger partial charge in [0.15, 0.2) is 0 Å². The van der Waals surface area contributed by atoms with E-state index < -0.39 is 5.97 Å². The van der Waals surface area contributed by atoms with Gasteiger partial charge in [0.2, 0.25) is 0 Å². The first-order valence-electron chi connectivity index (χ1n) is 7.40. The molecule has 0 aliphatic heterocycles. The zero-order chi connectivity index (χ0) is 17.7. The molecule has 6 nitrogen and oxygen atoms in total. The molecular weight excluding hydrogens is 306 g/mol. The smallest absolute Gasteiger partial charge is 0.349 e. The van der Waals surface area contributed by atoms with Gasteiger partial charge in [-0.1, -0.05) is 17.3 Å². The minimum Gasteiger partial charge on any atom is -0.456 e. The van der Waals surface area contributed by atoms with E-state index in [1.165, 1.54) is 6.08 Å². The molecule has 0 aliphatic carbocycles. The molecule has 0 N–H and O–H groups in total. The average molecular weight is 325 g/mol. The van der Waals surface area contributed by atoms with Crippen molar-refractivity contribution >= 4 is 17.7 Å². The number of hydrogen-bond acceptors (Lipinski definition) is 6. The average Bonchev–Trinajstić information content (AvgIpc) is 2.89. The van der Waals surface area contributed by atoms with E-state index in [4.69, 9.17) is 9.26 Å². The summed E-state index contributed by atoms with van der Waals surface area (Å²) in [5.74, 6) is -0.0729. The number of carbonyl (C=O) groups excluding carboxylic acids is 1. The van der Waals surface area contributed by atoms with Gasteiger partial charge in [0, 0.05) is 19.8 Å². The minimum atomic E-state index is -0.672. The maximum Gasteiger partial charge on any atom is 0.349 e. The van der Waals surface area contributed by atoms with Crippen LogP contribution in [0.4, 0.5) is 5.69 Å². The van der Waals surface area contributed by atoms with Gasteiger partial charge >= 0.3 is 5.97 Å². The fourth-order valence-electron chi connectivity index (χ4n) is 2.10. The Balaban J connectivity index is 2.09. The van der Waals surface area contributed by atoms with Crippen molar-refractivity contribution in [2.45, 2.75) is 20.5 Å². The van der Waals surface area contributed by atoms with Crippen LogP contribution in [0.2, 0.25) is 0 Å². The second-order valence-electron chi connectivity index (χ2n) is 5.53. The third-order valence-corrected chi connectivity index (χ3v) is 3.59. The van der Waals surface area contributed by atoms with Crippen molar-refractivity contribution in [3.05, 3.63) is 52.4 Å². The van der Waals surface area contributed by atoms with Crippen LogP contribution in [0.3, 0.4) is 0 Å². The van der Waals surface area contributed by atoms with Crippen LogP contribution in [-0.4, -0.2) is 25.2 Å². The van der Waals surface area contributed by atoms with Gasteiger partial charge in [0.25, 0.3) is 0 Å². The highest BCUT2D eigenvalue weighted by Crippen LogP contribution is 2.17. The molecule has 2 rings (SSSR count). The molecule has 0 saturated carbocycles. The summed E-state index contributed by atoms with van der Waals surface area (Å²) >= 11 is 0. The van der Waals surface area contributed by atoms with Gasteiger partial charge in [-0.15, -0.1) is 0 Å². The summed E-state index contributed by atoms with van der Waals surface area (Å²) in [5, 5.41) is 13.0. The maximum absolute atomic E-state index is 12.1. The topological polar surface area (TPSA) is 79.4 Å². The van der Waals surface area contributed by atoms with Crippen LogP contribution < -0.4 is 4.90 Å². The van der Waals surface area contributed by atoms with Crippen LogP contribution in [0.15, 0.2) is 34.4 Å². The Kier molecular flexibility index (Phi) is 5.38. The van der Waals surface area contributed by atoms with Crippen LogP contribution in [0.1, 0.15) is 22.6 Å². The van der Waals surface area contributed by atoms with Gasteiger partial charge in [-0.05, 0) is 37.6 Å². The lowest BCUT2D eigenvalue weighted by molar-refractivity contribution is -0.139. The predicted octanol–water partition coefficient (Wildman–Crippen LogP) is 3.01. The number of esters is 1. The van der Waals surface area contributed by atoms with E-state index in [1.807, 2.05) is 49.3 Å². The molecular formula is C18H19N3O3. The molecule has 24 heavy (non-hydrogen) atoms. The van der Waals surface area contributed by atoms with E-state index in [9.17, 15) is 10.1 Å². The lowest BCUT2D eigenvalue weighted by Gasteiger charge is -2.11. The first kappa shape index (κ1) is 17.3. The predicted molar refractivity (Wildman–Crippen MR) is 90.1 cm³/mol. The van der Waals surface area contributed by atoms with Crippen molar-refractivity contribution in [1.29, 1.82) is 5.26 Å². The molecule has 1 aromatic heterocycles. The second kappa shape index (κ2) is 7.47. The van der Waals surface area contributed by atoms with E-state index >= 15 is 0 Å². The molecule has 124 valence electrons. The van der Waals surface area contributed by atoms with E-state index in [-0.39, 0.29) is 12.2 Å². The van der Waals surface area contributed by atoms with Gasteiger partial charge in [-0.25, -0.2) is 4.79 Å². The molecule has 0 unspecified atom stereocenters. The number of aromatic nitrogens is 1. The van der Waals surface area contributed by atoms with Gasteiger partial charge in [-0.3, -0.25) is 0 Å². The summed E-state index contributed by atoms with van der Waals surface area (Å²) in [6.45, 7) is 3.54. The number of rotatable bonds is 5. The summed E-state index contributed by atoms with van der Waals surface area (Å²) in [7, 11) is 3.88. The number of aryl methyl sites for hydroxylation is 2. The van der Waals surface area contributed by atoms with Crippen LogP contribution in [0.5, 0.6) is 0 Å². The van der Waals surface area contributed by atoms with E-state index in [1.54, 1.807) is 13.8 Å². The van der Waals surface area contributed by atoms with Crippen molar-refractivity contribution in [1.82, 2.24) is 5.16 Å². The van der Waals surface area contributed by atoms with Crippen LogP contribution in [-0.2, 0) is 16.1 Å². The Hall–Kier alpha value is -3.07. The number of anilines is 1. The fraction of sp³-hybridized carbons (Fsp3) is 0.278. The number of nitriles is 1. The van der Waals surface area contributed by atoms with Crippen LogP contribution >= 0.6 is 0 Å². The molecule has 1 heterocycles. The summed E-state index contributed by atoms with van der Waals surface area (Å²) in [6.07, 6.45) is 1.51. The molecule has 0 aliphatic rings. The van der Waals surface area contributed by atoms with Crippen molar-refractivity contribution < 1.29 is 14.1 Å². The van der Waals surface area contributed by atoms with Crippen LogP contribution in [0.25, 0.3) is 6.08 Å². The molecule has 0 radical (unpaired) electrons. The summed E-state index contributed by atoms with van der Waals surface area (Å²) in [6, 6.07) is 9.39. The molecule has 0 spiro atoms. The molecule has 0 fully saturated rings. The van der Waals surface area contributed by atoms with Gasteiger partial charge in [-0.2, -0.15) is 5.26 Å². The molecule has 2 aromatic rings. The fourth-order valence-corrected chi connectivity index (χ4v) is 2.10. The highest BCUT2D eigenvalue weighted by Gasteiger charge is 2.15. The van der Waals surface area contributed by atoms with E-state index in [2.05, 4.69) is 5.16 Å². The van der Waals surface area contributed by atoms with Crippen LogP contribution in [0, 0.1) is 25.2 Å². The van der Waals surface area contributed by atoms with E-state index in [0.717, 1.165) is 16.8 Å². The summed E-state index contributed by atoms with van der Waals surface area (Å²) in [5.41, 5.74) is 3.12. The van der Waals surface area contributed by atoms with Gasteiger partial charge in [0.1, 0.15) is 24.0 Å². The Bertz CT molecular complexity index is 776. The highest BCUT2D eigenvalue weighted by atomic mass is 16.5. The Labute approximate surface area is 140 Å². The number of benzene rings is 1. The molecule has 0 atom stereocenters. The molecule has 0 bridgehead atoms. The lowest BCUT2D eigenvalue weighted by atomic mass is 10.1. The Morgan fingerprint density at radius 3 is 2.50 bits per heavy atom. The van der Waals surface area contributed by atoms with Crippen molar-refractivity contribution in [2.75, 3.05) is 19.0 Å². The third kappa shape index (κ3) is 4.02. The maximum atomic E-state index is 12.1. The van der Waals surface area contributed by atoms with Gasteiger partial charge < -0.3 is 14.2 Å². The number of nitrogens with zero attached hydrogens (tertiary/aromatic N) is 3. The monoisotopic (exact) mass is 325 g/mol. The molecule has 1 aromatic carbocycles. The summed E-state index contributed by atoms with van der Waals surface area (Å²) < 4.78 is 10.2. The molecule has 0 amide bonds. The summed E-state index contributed by atoms with van der Waals surface area (Å²) in [4.78, 5) is 14.1. The number of hydrogen-bond donors (Lipinski definition) is 0. The number of ether oxygens (including phenoxy) is 1. The SMILES string of the molecule is Cc1noc(C)c1COC(=O)/C(C#N)=C/c1ccc(N(C)C)cc1. The Morgan fingerprint density at radius 2 is 2.00 bits per heavy atom. The number of carbonyl (C=O) groups is 1. The quantitative estimate of drug-likeness (QED) is 0.477. The lowest BCUT2D eigenvalue weighted by Crippen LogP contribution is -2.08. The third-order valence-electron chi connectivity index (χ3n) is 3.59. The van der Waals surface area contributed by atoms with Gasteiger partial charge in [0.05, 0.1) is 11.3 Å². The molecule has 0 saturated heterocycles. The van der Waals surface area contributed by atoms with Crippen molar-refractivity contribution in [2.24, 2.45) is 0 Å². The first-order valence-corrected chi connectivity index (χ1v) is 7.40. The largest absolute Gasteiger partial charge is 0.456 e. The Morgan fingerprint density at radius 1 is 1.33 bits per heavy atom. The zero-order valence-electron chi connectivity index (χ0n) is 14.2. The van der Waals surface area contributed by atoms with Crippen molar-refractivity contribution in [3.8, 4) is 6.07 Å². The normalized spacial score (nSPS) is 11.0. The zero-order valence-corrected chi connectivity index (χ0v) is 14.2. The first-order chi connectivity index (χ1) is 11.4. The molecule has 6 heteroatoms. The second-order valence-corrected chi connectivity index (χ2v) is 5.53.